The minimum atomic E-state index is -0.289. The highest BCUT2D eigenvalue weighted by atomic mass is 19.1. The van der Waals surface area contributed by atoms with Crippen LogP contribution in [-0.2, 0) is 17.6 Å². The highest BCUT2D eigenvalue weighted by Crippen LogP contribution is 2.12. The second kappa shape index (κ2) is 5.58. The Bertz CT molecular complexity index is 546. The van der Waals surface area contributed by atoms with Crippen molar-refractivity contribution in [3.8, 4) is 0 Å². The summed E-state index contributed by atoms with van der Waals surface area (Å²) in [5.41, 5.74) is 2.73. The number of halogens is 1. The average molecular weight is 242 g/mol. The number of aryl methyl sites for hydroxylation is 1. The molecule has 0 aliphatic rings. The van der Waals surface area contributed by atoms with Crippen LogP contribution in [-0.4, -0.2) is 5.78 Å². The van der Waals surface area contributed by atoms with E-state index in [9.17, 15) is 9.18 Å². The van der Waals surface area contributed by atoms with Crippen molar-refractivity contribution in [1.29, 1.82) is 0 Å². The maximum Gasteiger partial charge on any atom is 0.141 e. The molecule has 1 nitrogen and oxygen atoms in total. The summed E-state index contributed by atoms with van der Waals surface area (Å²) in [6.45, 7) is 1.89. The molecular formula is C16H15FO. The van der Waals surface area contributed by atoms with E-state index < -0.39 is 0 Å². The largest absolute Gasteiger partial charge is 0.299 e. The molecule has 92 valence electrons. The van der Waals surface area contributed by atoms with Gasteiger partial charge in [-0.3, -0.25) is 4.79 Å². The van der Waals surface area contributed by atoms with Gasteiger partial charge in [-0.2, -0.15) is 0 Å². The van der Waals surface area contributed by atoms with Crippen molar-refractivity contribution in [2.75, 3.05) is 0 Å². The predicted molar refractivity (Wildman–Crippen MR) is 70.0 cm³/mol. The molecule has 0 saturated carbocycles. The first kappa shape index (κ1) is 12.5. The lowest BCUT2D eigenvalue weighted by Gasteiger charge is -2.05. The van der Waals surface area contributed by atoms with E-state index in [0.29, 0.717) is 12.8 Å². The lowest BCUT2D eigenvalue weighted by atomic mass is 9.99. The number of rotatable bonds is 4. The third kappa shape index (κ3) is 3.27. The van der Waals surface area contributed by atoms with Crippen molar-refractivity contribution in [1.82, 2.24) is 0 Å². The highest BCUT2D eigenvalue weighted by molar-refractivity contribution is 5.83. The van der Waals surface area contributed by atoms with Crippen molar-refractivity contribution in [2.24, 2.45) is 0 Å². The van der Waals surface area contributed by atoms with Crippen molar-refractivity contribution in [3.63, 3.8) is 0 Å². The highest BCUT2D eigenvalue weighted by Gasteiger charge is 2.08. The minimum Gasteiger partial charge on any atom is -0.299 e. The quantitative estimate of drug-likeness (QED) is 0.802. The van der Waals surface area contributed by atoms with E-state index in [2.05, 4.69) is 0 Å². The van der Waals surface area contributed by atoms with Crippen LogP contribution in [0.15, 0.2) is 48.5 Å². The minimum absolute atomic E-state index is 0.106. The van der Waals surface area contributed by atoms with Crippen LogP contribution in [0, 0.1) is 12.7 Å². The van der Waals surface area contributed by atoms with Crippen LogP contribution in [0.1, 0.15) is 16.7 Å². The van der Waals surface area contributed by atoms with Gasteiger partial charge in [0.1, 0.15) is 11.6 Å². The molecule has 0 radical (unpaired) electrons. The Labute approximate surface area is 106 Å². The molecule has 18 heavy (non-hydrogen) atoms. The maximum atomic E-state index is 13.1. The van der Waals surface area contributed by atoms with Gasteiger partial charge in [-0.1, -0.05) is 36.4 Å². The maximum absolute atomic E-state index is 13.1. The zero-order chi connectivity index (χ0) is 13.0. The number of benzene rings is 2. The van der Waals surface area contributed by atoms with Gasteiger partial charge in [-0.25, -0.2) is 4.39 Å². The first-order valence-corrected chi connectivity index (χ1v) is 5.96. The third-order valence-corrected chi connectivity index (χ3v) is 2.94. The fourth-order valence-electron chi connectivity index (χ4n) is 1.93. The van der Waals surface area contributed by atoms with Crippen molar-refractivity contribution in [3.05, 3.63) is 71.0 Å². The average Bonchev–Trinajstić information content (AvgIpc) is 2.35. The molecule has 0 heterocycles. The Hall–Kier alpha value is -1.96. The number of hydrogen-bond donors (Lipinski definition) is 0. The molecule has 0 aliphatic heterocycles. The van der Waals surface area contributed by atoms with Crippen LogP contribution in [0.4, 0.5) is 4.39 Å². The summed E-state index contributed by atoms with van der Waals surface area (Å²) in [6, 6.07) is 14.2. The van der Waals surface area contributed by atoms with Crippen molar-refractivity contribution >= 4 is 5.78 Å². The smallest absolute Gasteiger partial charge is 0.141 e. The second-order valence-corrected chi connectivity index (χ2v) is 4.45. The van der Waals surface area contributed by atoms with E-state index >= 15 is 0 Å². The van der Waals surface area contributed by atoms with Crippen LogP contribution in [0.5, 0.6) is 0 Å². The molecule has 2 aromatic rings. The van der Waals surface area contributed by atoms with Gasteiger partial charge in [-0.15, -0.1) is 0 Å². The van der Waals surface area contributed by atoms with Gasteiger partial charge < -0.3 is 0 Å². The Morgan fingerprint density at radius 2 is 1.78 bits per heavy atom. The topological polar surface area (TPSA) is 17.1 Å². The standard InChI is InChI=1S/C16H15FO/c1-12-7-8-15(17)10-14(12)11-16(18)9-13-5-3-2-4-6-13/h2-8,10H,9,11H2,1H3. The predicted octanol–water partition coefficient (Wildman–Crippen LogP) is 3.49. The first-order chi connectivity index (χ1) is 8.65. The van der Waals surface area contributed by atoms with Crippen molar-refractivity contribution in [2.45, 2.75) is 19.8 Å². The summed E-state index contributed by atoms with van der Waals surface area (Å²) in [5, 5.41) is 0. The van der Waals surface area contributed by atoms with Crippen LogP contribution in [0.3, 0.4) is 0 Å². The van der Waals surface area contributed by atoms with E-state index in [-0.39, 0.29) is 11.6 Å². The molecule has 0 bridgehead atoms. The molecule has 0 spiro atoms. The second-order valence-electron chi connectivity index (χ2n) is 4.45. The van der Waals surface area contributed by atoms with Gasteiger partial charge >= 0.3 is 0 Å². The molecule has 0 saturated heterocycles. The van der Waals surface area contributed by atoms with Gasteiger partial charge in [0.05, 0.1) is 0 Å². The number of carbonyl (C=O) groups is 1. The van der Waals surface area contributed by atoms with Gasteiger partial charge in [0.15, 0.2) is 0 Å². The molecule has 2 rings (SSSR count). The van der Waals surface area contributed by atoms with E-state index in [0.717, 1.165) is 16.7 Å². The normalized spacial score (nSPS) is 10.3. The van der Waals surface area contributed by atoms with E-state index in [1.165, 1.54) is 12.1 Å². The SMILES string of the molecule is Cc1ccc(F)cc1CC(=O)Cc1ccccc1. The zero-order valence-corrected chi connectivity index (χ0v) is 10.3. The molecular weight excluding hydrogens is 227 g/mol. The molecule has 0 amide bonds. The molecule has 0 aromatic heterocycles. The molecule has 0 aliphatic carbocycles. The molecule has 0 unspecified atom stereocenters. The third-order valence-electron chi connectivity index (χ3n) is 2.94. The van der Waals surface area contributed by atoms with Crippen LogP contribution in [0.25, 0.3) is 0 Å². The van der Waals surface area contributed by atoms with E-state index in [1.807, 2.05) is 37.3 Å². The first-order valence-electron chi connectivity index (χ1n) is 5.96. The van der Waals surface area contributed by atoms with Crippen LogP contribution in [0.2, 0.25) is 0 Å². The summed E-state index contributed by atoms with van der Waals surface area (Å²) in [5.74, 6) is -0.182. The number of ketones is 1. The summed E-state index contributed by atoms with van der Waals surface area (Å²) in [6.07, 6.45) is 0.690. The number of hydrogen-bond acceptors (Lipinski definition) is 1. The Balaban J connectivity index is 2.05. The molecule has 0 fully saturated rings. The Kier molecular flexibility index (Phi) is 3.88. The Morgan fingerprint density at radius 1 is 1.06 bits per heavy atom. The monoisotopic (exact) mass is 242 g/mol. The van der Waals surface area contributed by atoms with Crippen LogP contribution < -0.4 is 0 Å². The summed E-state index contributed by atoms with van der Waals surface area (Å²) < 4.78 is 13.1. The molecule has 2 heteroatoms. The molecule has 0 atom stereocenters. The molecule has 2 aromatic carbocycles. The summed E-state index contributed by atoms with van der Waals surface area (Å²) in [7, 11) is 0. The van der Waals surface area contributed by atoms with E-state index in [4.69, 9.17) is 0 Å². The van der Waals surface area contributed by atoms with Crippen molar-refractivity contribution < 1.29 is 9.18 Å². The number of Topliss-reactive ketones (excluding diaryl/α,β-unsaturated/α-hetero) is 1. The van der Waals surface area contributed by atoms with Gasteiger partial charge in [0.25, 0.3) is 0 Å². The van der Waals surface area contributed by atoms with Gasteiger partial charge in [0, 0.05) is 12.8 Å². The van der Waals surface area contributed by atoms with Crippen LogP contribution >= 0.6 is 0 Å². The lowest BCUT2D eigenvalue weighted by molar-refractivity contribution is -0.117. The summed E-state index contributed by atoms with van der Waals surface area (Å²) in [4.78, 5) is 11.9. The lowest BCUT2D eigenvalue weighted by Crippen LogP contribution is -2.07. The summed E-state index contributed by atoms with van der Waals surface area (Å²) >= 11 is 0. The Morgan fingerprint density at radius 3 is 2.50 bits per heavy atom. The van der Waals surface area contributed by atoms with Gasteiger partial charge in [0.2, 0.25) is 0 Å². The van der Waals surface area contributed by atoms with E-state index in [1.54, 1.807) is 6.07 Å². The fraction of sp³-hybridized carbons (Fsp3) is 0.188. The zero-order valence-electron chi connectivity index (χ0n) is 10.3. The molecule has 0 N–H and O–H groups in total. The number of carbonyl (C=O) groups excluding carboxylic acids is 1. The fourth-order valence-corrected chi connectivity index (χ4v) is 1.93. The van der Waals surface area contributed by atoms with Gasteiger partial charge in [-0.05, 0) is 35.7 Å².